The molecule has 0 bridgehead atoms. The molecule has 0 aliphatic carbocycles. The Bertz CT molecular complexity index is 1610. The highest BCUT2D eigenvalue weighted by Crippen LogP contribution is 2.41. The van der Waals surface area contributed by atoms with E-state index in [0.717, 1.165) is 27.6 Å². The number of nitrogens with zero attached hydrogens (tertiary/aromatic N) is 5. The van der Waals surface area contributed by atoms with Gasteiger partial charge in [-0.3, -0.25) is 9.48 Å². The third-order valence-electron chi connectivity index (χ3n) is 5.57. The second-order valence-corrected chi connectivity index (χ2v) is 7.64. The van der Waals surface area contributed by atoms with Crippen LogP contribution in [0.4, 0.5) is 5.69 Å². The van der Waals surface area contributed by atoms with Gasteiger partial charge >= 0.3 is 0 Å². The minimum atomic E-state index is -0.403. The fraction of sp³-hybridized carbons (Fsp3) is 0.125. The Morgan fingerprint density at radius 1 is 1.09 bits per heavy atom. The van der Waals surface area contributed by atoms with Crippen molar-refractivity contribution in [2.45, 2.75) is 13.0 Å². The summed E-state index contributed by atoms with van der Waals surface area (Å²) in [5.74, 6) is 0. The predicted molar refractivity (Wildman–Crippen MR) is 124 cm³/mol. The number of nitrogens with two attached hydrogens (primary N) is 1. The number of pyridine rings is 1. The van der Waals surface area contributed by atoms with Crippen molar-refractivity contribution in [3.05, 3.63) is 82.2 Å². The lowest BCUT2D eigenvalue weighted by atomic mass is 9.98. The van der Waals surface area contributed by atoms with E-state index in [2.05, 4.69) is 20.1 Å². The van der Waals surface area contributed by atoms with Gasteiger partial charge in [-0.15, -0.1) is 0 Å². The Hall–Kier alpha value is -4.35. The molecule has 1 atom stereocenters. The molecule has 2 aromatic carbocycles. The normalized spacial score (nSPS) is 12.2. The van der Waals surface area contributed by atoms with E-state index in [9.17, 15) is 4.79 Å². The molecule has 1 unspecified atom stereocenters. The molecule has 3 heterocycles. The molecule has 0 aliphatic heterocycles. The Kier molecular flexibility index (Phi) is 4.54. The van der Waals surface area contributed by atoms with Crippen LogP contribution in [-0.4, -0.2) is 25.0 Å². The quantitative estimate of drug-likeness (QED) is 0.426. The highest BCUT2D eigenvalue weighted by Gasteiger charge is 2.20. The van der Waals surface area contributed by atoms with Gasteiger partial charge in [-0.05, 0) is 29.8 Å². The molecule has 0 radical (unpaired) electrons. The molecule has 0 saturated carbocycles. The first kappa shape index (κ1) is 19.6. The van der Waals surface area contributed by atoms with Crippen molar-refractivity contribution < 1.29 is 0 Å². The first-order chi connectivity index (χ1) is 15.5. The summed E-state index contributed by atoms with van der Waals surface area (Å²) < 4.78 is 1.74. The second kappa shape index (κ2) is 7.41. The van der Waals surface area contributed by atoms with Gasteiger partial charge in [0.2, 0.25) is 5.69 Å². The van der Waals surface area contributed by atoms with E-state index in [4.69, 9.17) is 17.3 Å². The van der Waals surface area contributed by atoms with Gasteiger partial charge in [0.05, 0.1) is 29.5 Å². The molecule has 5 aromatic rings. The number of hydrogen-bond donors (Lipinski definition) is 2. The fourth-order valence-corrected chi connectivity index (χ4v) is 4.04. The average Bonchev–Trinajstić information content (AvgIpc) is 3.19. The van der Waals surface area contributed by atoms with Crippen LogP contribution in [0.5, 0.6) is 0 Å². The summed E-state index contributed by atoms with van der Waals surface area (Å²) in [4.78, 5) is 20.9. The van der Waals surface area contributed by atoms with Crippen LogP contribution in [0.1, 0.15) is 18.7 Å². The van der Waals surface area contributed by atoms with Gasteiger partial charge in [-0.1, -0.05) is 36.4 Å². The molecule has 3 N–H and O–H groups in total. The van der Waals surface area contributed by atoms with Crippen molar-refractivity contribution in [1.82, 2.24) is 25.0 Å². The summed E-state index contributed by atoms with van der Waals surface area (Å²) in [6, 6.07) is 14.9. The molecular formula is C24H19N7O. The first-order valence-electron chi connectivity index (χ1n) is 10.1. The Labute approximate surface area is 183 Å². The van der Waals surface area contributed by atoms with Gasteiger partial charge in [0, 0.05) is 24.2 Å². The van der Waals surface area contributed by atoms with Gasteiger partial charge in [-0.25, -0.2) is 14.9 Å². The Morgan fingerprint density at radius 2 is 1.91 bits per heavy atom. The number of fused-ring (bicyclic) bond motifs is 2. The van der Waals surface area contributed by atoms with Crippen LogP contribution in [0.15, 0.2) is 59.5 Å². The van der Waals surface area contributed by atoms with Crippen molar-refractivity contribution >= 4 is 27.4 Å². The highest BCUT2D eigenvalue weighted by molar-refractivity contribution is 6.03. The maximum atomic E-state index is 12.3. The molecule has 156 valence electrons. The monoisotopic (exact) mass is 421 g/mol. The first-order valence-corrected chi connectivity index (χ1v) is 10.1. The molecule has 0 fully saturated rings. The molecule has 0 amide bonds. The van der Waals surface area contributed by atoms with E-state index < -0.39 is 6.04 Å². The maximum Gasteiger partial charge on any atom is 0.273 e. The smallest absolute Gasteiger partial charge is 0.273 e. The lowest BCUT2D eigenvalue weighted by Gasteiger charge is -2.12. The van der Waals surface area contributed by atoms with Crippen molar-refractivity contribution in [3.8, 4) is 22.5 Å². The van der Waals surface area contributed by atoms with Crippen LogP contribution >= 0.6 is 0 Å². The molecule has 3 aromatic heterocycles. The summed E-state index contributed by atoms with van der Waals surface area (Å²) in [6.07, 6.45) is 1.72. The minimum Gasteiger partial charge on any atom is -0.323 e. The Morgan fingerprint density at radius 3 is 2.69 bits per heavy atom. The summed E-state index contributed by atoms with van der Waals surface area (Å²) in [5, 5.41) is 13.3. The van der Waals surface area contributed by atoms with Gasteiger partial charge in [0.15, 0.2) is 0 Å². The van der Waals surface area contributed by atoms with E-state index in [1.54, 1.807) is 29.9 Å². The average molecular weight is 421 g/mol. The zero-order valence-corrected chi connectivity index (χ0v) is 17.5. The number of rotatable bonds is 3. The molecule has 0 aliphatic rings. The number of aryl methyl sites for hydroxylation is 1. The predicted octanol–water partition coefficient (Wildman–Crippen LogP) is 4.11. The highest BCUT2D eigenvalue weighted by atomic mass is 16.1. The standard InChI is InChI=1S/C24H19N7O/c1-13(25)20-22-17(24(32)30-29-20)10-11-19(28-22)18-12-27-31(3)23(18)16-9-8-14-6-4-5-7-15(14)21(16)26-2/h4-13H,25H2,1,3H3,(H,30,32). The van der Waals surface area contributed by atoms with E-state index in [1.165, 1.54) is 0 Å². The third kappa shape index (κ3) is 2.95. The lowest BCUT2D eigenvalue weighted by molar-refractivity contribution is 0.756. The second-order valence-electron chi connectivity index (χ2n) is 7.64. The number of H-pyrrole nitrogens is 1. The van der Waals surface area contributed by atoms with Crippen molar-refractivity contribution in [3.63, 3.8) is 0 Å². The topological polar surface area (TPSA) is 107 Å². The number of hydrogen-bond acceptors (Lipinski definition) is 5. The number of benzene rings is 2. The molecular weight excluding hydrogens is 402 g/mol. The van der Waals surface area contributed by atoms with Crippen LogP contribution in [-0.2, 0) is 7.05 Å². The number of aromatic amines is 1. The van der Waals surface area contributed by atoms with Crippen LogP contribution in [0.3, 0.4) is 0 Å². The van der Waals surface area contributed by atoms with Crippen molar-refractivity contribution in [1.29, 1.82) is 0 Å². The van der Waals surface area contributed by atoms with Crippen LogP contribution in [0, 0.1) is 6.57 Å². The van der Waals surface area contributed by atoms with Crippen molar-refractivity contribution in [2.24, 2.45) is 12.8 Å². The van der Waals surface area contributed by atoms with Gasteiger partial charge in [0.25, 0.3) is 5.56 Å². The zero-order chi connectivity index (χ0) is 22.4. The molecule has 0 saturated heterocycles. The van der Waals surface area contributed by atoms with Crippen LogP contribution < -0.4 is 11.3 Å². The maximum absolute atomic E-state index is 12.3. The SMILES string of the molecule is [C-]#[N+]c1c(-c2c(-c3ccc4c(=O)[nH]nc(C(C)N)c4n3)cnn2C)ccc2ccccc12. The fourth-order valence-electron chi connectivity index (χ4n) is 4.04. The van der Waals surface area contributed by atoms with Crippen molar-refractivity contribution in [2.75, 3.05) is 0 Å². The summed E-state index contributed by atoms with van der Waals surface area (Å²) in [7, 11) is 1.84. The molecule has 8 nitrogen and oxygen atoms in total. The molecule has 32 heavy (non-hydrogen) atoms. The van der Waals surface area contributed by atoms with E-state index >= 15 is 0 Å². The minimum absolute atomic E-state index is 0.320. The van der Waals surface area contributed by atoms with Crippen LogP contribution in [0.2, 0.25) is 0 Å². The largest absolute Gasteiger partial charge is 0.323 e. The molecule has 0 spiro atoms. The third-order valence-corrected chi connectivity index (χ3v) is 5.57. The molecule has 5 rings (SSSR count). The molecule has 8 heteroatoms. The Balaban J connectivity index is 1.79. The van der Waals surface area contributed by atoms with Crippen LogP contribution in [0.25, 0.3) is 49.0 Å². The number of aromatic nitrogens is 5. The summed E-state index contributed by atoms with van der Waals surface area (Å²) >= 11 is 0. The lowest BCUT2D eigenvalue weighted by Crippen LogP contribution is -2.17. The summed E-state index contributed by atoms with van der Waals surface area (Å²) in [5.41, 5.74) is 10.2. The number of nitrogens with one attached hydrogen (secondary N) is 1. The van der Waals surface area contributed by atoms with Gasteiger partial charge in [-0.2, -0.15) is 10.2 Å². The van der Waals surface area contributed by atoms with Gasteiger partial charge < -0.3 is 5.73 Å². The summed E-state index contributed by atoms with van der Waals surface area (Å²) in [6.45, 7) is 9.63. The zero-order valence-electron chi connectivity index (χ0n) is 17.5. The van der Waals surface area contributed by atoms with Gasteiger partial charge in [0.1, 0.15) is 11.2 Å². The van der Waals surface area contributed by atoms with E-state index in [1.807, 2.05) is 43.4 Å². The van der Waals surface area contributed by atoms with E-state index in [0.29, 0.717) is 28.0 Å². The van der Waals surface area contributed by atoms with E-state index in [-0.39, 0.29) is 5.56 Å².